The fourth-order valence-corrected chi connectivity index (χ4v) is 13.1. The van der Waals surface area contributed by atoms with E-state index in [-0.39, 0.29) is 0 Å². The zero-order valence-electron chi connectivity index (χ0n) is 48.0. The molecule has 14 aromatic rings. The summed E-state index contributed by atoms with van der Waals surface area (Å²) in [4.78, 5) is 4.86. The van der Waals surface area contributed by atoms with Gasteiger partial charge in [-0.2, -0.15) is 0 Å². The van der Waals surface area contributed by atoms with Gasteiger partial charge in [0.25, 0.3) is 0 Å². The van der Waals surface area contributed by atoms with E-state index in [0.717, 1.165) is 34.1 Å². The first-order valence-electron chi connectivity index (χ1n) is 30.0. The van der Waals surface area contributed by atoms with Crippen molar-refractivity contribution >= 4 is 34.1 Å². The third-order valence-electron chi connectivity index (χ3n) is 17.4. The monoisotopic (exact) mass is 1110 g/mol. The lowest BCUT2D eigenvalue weighted by atomic mass is 9.67. The Bertz CT molecular complexity index is 4160. The van der Waals surface area contributed by atoms with Crippen molar-refractivity contribution in [3.05, 3.63) is 386 Å². The number of benzene rings is 14. The molecule has 0 saturated carbocycles. The second-order valence-corrected chi connectivity index (χ2v) is 22.4. The number of hydrogen-bond acceptors (Lipinski definition) is 2. The quantitative estimate of drug-likeness (QED) is 0.107. The first kappa shape index (κ1) is 52.5. The Morgan fingerprint density at radius 3 is 0.563 bits per heavy atom. The summed E-state index contributed by atoms with van der Waals surface area (Å²) in [5.74, 6) is 0. The van der Waals surface area contributed by atoms with E-state index < -0.39 is 5.41 Å². The van der Waals surface area contributed by atoms with Crippen LogP contribution in [0, 0.1) is 0 Å². The molecule has 0 spiro atoms. The van der Waals surface area contributed by atoms with Gasteiger partial charge in [0.2, 0.25) is 0 Å². The molecule has 0 saturated heterocycles. The van der Waals surface area contributed by atoms with E-state index in [4.69, 9.17) is 0 Å². The zero-order valence-corrected chi connectivity index (χ0v) is 48.0. The van der Waals surface area contributed by atoms with Crippen molar-refractivity contribution in [2.75, 3.05) is 9.80 Å². The molecule has 2 heteroatoms. The highest BCUT2D eigenvalue weighted by molar-refractivity contribution is 5.93. The summed E-state index contributed by atoms with van der Waals surface area (Å²) in [6, 6.07) is 133. The lowest BCUT2D eigenvalue weighted by molar-refractivity contribution is 0.768. The predicted molar refractivity (Wildman–Crippen MR) is 366 cm³/mol. The van der Waals surface area contributed by atoms with Crippen LogP contribution >= 0.6 is 0 Å². The van der Waals surface area contributed by atoms with Crippen LogP contribution in [0.25, 0.3) is 77.9 Å². The molecule has 0 fully saturated rings. The van der Waals surface area contributed by atoms with Crippen LogP contribution in [0.2, 0.25) is 0 Å². The number of rotatable bonds is 14. The van der Waals surface area contributed by atoms with Gasteiger partial charge in [0.1, 0.15) is 0 Å². The lowest BCUT2D eigenvalue weighted by Gasteiger charge is -2.36. The molecule has 14 aromatic carbocycles. The Labute approximate surface area is 510 Å². The van der Waals surface area contributed by atoms with Crippen LogP contribution in [0.3, 0.4) is 0 Å². The largest absolute Gasteiger partial charge is 0.310 e. The maximum atomic E-state index is 2.49. The average Bonchev–Trinajstić information content (AvgIpc) is 1.57. The van der Waals surface area contributed by atoms with Gasteiger partial charge in [0, 0.05) is 34.1 Å². The highest BCUT2D eigenvalue weighted by Crippen LogP contribution is 2.59. The van der Waals surface area contributed by atoms with E-state index in [9.17, 15) is 0 Å². The van der Waals surface area contributed by atoms with Crippen molar-refractivity contribution in [3.8, 4) is 77.9 Å². The molecule has 0 radical (unpaired) electrons. The van der Waals surface area contributed by atoms with Gasteiger partial charge in [-0.25, -0.2) is 0 Å². The van der Waals surface area contributed by atoms with Gasteiger partial charge in [-0.15, -0.1) is 0 Å². The number of fused-ring (bicyclic) bond motifs is 3. The Hall–Kier alpha value is -11.3. The summed E-state index contributed by atoms with van der Waals surface area (Å²) in [5.41, 5.74) is 26.9. The van der Waals surface area contributed by atoms with Crippen LogP contribution in [0.4, 0.5) is 34.1 Å². The minimum Gasteiger partial charge on any atom is -0.310 e. The molecule has 1 aliphatic rings. The summed E-state index contributed by atoms with van der Waals surface area (Å²) in [6.45, 7) is 0. The molecule has 410 valence electrons. The maximum Gasteiger partial charge on any atom is 0.0715 e. The van der Waals surface area contributed by atoms with Crippen LogP contribution in [-0.2, 0) is 5.41 Å². The molecular formula is C85H60N2. The fraction of sp³-hybridized carbons (Fsp3) is 0.0118. The molecule has 0 aliphatic heterocycles. The molecule has 0 atom stereocenters. The van der Waals surface area contributed by atoms with Crippen molar-refractivity contribution < 1.29 is 0 Å². The first-order chi connectivity index (χ1) is 43.1. The van der Waals surface area contributed by atoms with Gasteiger partial charge in [0.05, 0.1) is 5.41 Å². The van der Waals surface area contributed by atoms with Crippen molar-refractivity contribution in [2.45, 2.75) is 5.41 Å². The van der Waals surface area contributed by atoms with E-state index in [1.54, 1.807) is 0 Å². The summed E-state index contributed by atoms with van der Waals surface area (Å²) in [6.07, 6.45) is 0. The van der Waals surface area contributed by atoms with Gasteiger partial charge in [-0.1, -0.05) is 291 Å². The Balaban J connectivity index is 0.961. The van der Waals surface area contributed by atoms with Crippen LogP contribution in [-0.4, -0.2) is 0 Å². The standard InChI is InChI=1S/C85H60N2/c1-7-19-61(20-8-1)67-31-43-73(44-32-67)85(74-45-33-68(34-46-74)62-21-9-2-10-22-62)83-59-79(86(75-47-35-69(36-48-75)63-23-11-3-12-24-63)76-49-37-70(38-50-76)64-25-13-4-14-26-64)55-57-81(83)82-58-56-80(60-84(82)85)87(77-51-39-71(40-52-77)65-27-15-5-16-28-65)78-53-41-72(42-54-78)66-29-17-6-18-30-66/h1-60H. The van der Waals surface area contributed by atoms with Gasteiger partial charge < -0.3 is 9.80 Å². The van der Waals surface area contributed by atoms with Crippen molar-refractivity contribution in [2.24, 2.45) is 0 Å². The highest BCUT2D eigenvalue weighted by Gasteiger charge is 2.47. The van der Waals surface area contributed by atoms with Crippen LogP contribution in [0.1, 0.15) is 22.3 Å². The van der Waals surface area contributed by atoms with E-state index >= 15 is 0 Å². The average molecular weight is 1110 g/mol. The minimum absolute atomic E-state index is 0.804. The van der Waals surface area contributed by atoms with Crippen LogP contribution in [0.15, 0.2) is 364 Å². The Kier molecular flexibility index (Phi) is 13.9. The summed E-state index contributed by atoms with van der Waals surface area (Å²) in [7, 11) is 0. The van der Waals surface area contributed by atoms with E-state index in [1.807, 2.05) is 0 Å². The molecule has 0 aromatic heterocycles. The third-order valence-corrected chi connectivity index (χ3v) is 17.4. The number of nitrogens with zero attached hydrogens (tertiary/aromatic N) is 2. The second-order valence-electron chi connectivity index (χ2n) is 22.4. The van der Waals surface area contributed by atoms with Crippen molar-refractivity contribution in [3.63, 3.8) is 0 Å². The number of hydrogen-bond donors (Lipinski definition) is 0. The molecule has 87 heavy (non-hydrogen) atoms. The molecule has 0 unspecified atom stereocenters. The topological polar surface area (TPSA) is 6.48 Å². The first-order valence-corrected chi connectivity index (χ1v) is 30.0. The van der Waals surface area contributed by atoms with Crippen LogP contribution < -0.4 is 9.80 Å². The third kappa shape index (κ3) is 9.99. The summed E-state index contributed by atoms with van der Waals surface area (Å²) >= 11 is 0. The predicted octanol–water partition coefficient (Wildman–Crippen LogP) is 23.0. The van der Waals surface area contributed by atoms with E-state index in [2.05, 4.69) is 374 Å². The molecule has 1 aliphatic carbocycles. The SMILES string of the molecule is c1ccc(-c2ccc(N(c3ccc(-c4ccccc4)cc3)c3ccc4c(c3)C(c3ccc(-c5ccccc5)cc3)(c3ccc(-c5ccccc5)cc3)c3cc(N(c5ccc(-c6ccccc6)cc5)c5ccc(-c6ccccc6)cc5)ccc3-4)cc2)cc1. The van der Waals surface area contributed by atoms with Gasteiger partial charge in [-0.3, -0.25) is 0 Å². The summed E-state index contributed by atoms with van der Waals surface area (Å²) in [5, 5.41) is 0. The molecule has 0 heterocycles. The Morgan fingerprint density at radius 2 is 0.345 bits per heavy atom. The number of anilines is 6. The van der Waals surface area contributed by atoms with Crippen LogP contribution in [0.5, 0.6) is 0 Å². The highest BCUT2D eigenvalue weighted by atomic mass is 15.1. The normalized spacial score (nSPS) is 12.0. The molecule has 0 N–H and O–H groups in total. The van der Waals surface area contributed by atoms with Crippen molar-refractivity contribution in [1.29, 1.82) is 0 Å². The van der Waals surface area contributed by atoms with Gasteiger partial charge >= 0.3 is 0 Å². The minimum atomic E-state index is -0.804. The zero-order chi connectivity index (χ0) is 57.9. The summed E-state index contributed by atoms with van der Waals surface area (Å²) < 4.78 is 0. The smallest absolute Gasteiger partial charge is 0.0715 e. The molecular weight excluding hydrogens is 1050 g/mol. The van der Waals surface area contributed by atoms with Gasteiger partial charge in [0.15, 0.2) is 0 Å². The van der Waals surface area contributed by atoms with E-state index in [0.29, 0.717) is 0 Å². The maximum absolute atomic E-state index is 2.49. The second kappa shape index (κ2) is 23.0. The molecule has 0 bridgehead atoms. The molecule has 2 nitrogen and oxygen atoms in total. The van der Waals surface area contributed by atoms with Crippen molar-refractivity contribution in [1.82, 2.24) is 0 Å². The van der Waals surface area contributed by atoms with E-state index in [1.165, 1.54) is 100 Å². The molecule has 0 amide bonds. The Morgan fingerprint density at radius 1 is 0.161 bits per heavy atom. The van der Waals surface area contributed by atoms with Gasteiger partial charge in [-0.05, 0) is 173 Å². The fourth-order valence-electron chi connectivity index (χ4n) is 13.1. The molecule has 15 rings (SSSR count). The lowest BCUT2D eigenvalue weighted by Crippen LogP contribution is -2.29.